The van der Waals surface area contributed by atoms with Crippen molar-refractivity contribution in [3.63, 3.8) is 0 Å². The van der Waals surface area contributed by atoms with Gasteiger partial charge in [-0.15, -0.1) is 0 Å². The molecule has 0 aliphatic heterocycles. The lowest BCUT2D eigenvalue weighted by Gasteiger charge is -2.39. The third-order valence-corrected chi connectivity index (χ3v) is 5.94. The van der Waals surface area contributed by atoms with Crippen LogP contribution >= 0.6 is 0 Å². The van der Waals surface area contributed by atoms with Crippen molar-refractivity contribution in [2.75, 3.05) is 26.2 Å². The minimum atomic E-state index is 0. The van der Waals surface area contributed by atoms with Gasteiger partial charge in [-0.3, -0.25) is 0 Å². The number of rotatable bonds is 20. The highest BCUT2D eigenvalue weighted by Gasteiger charge is 2.25. The first kappa shape index (κ1) is 28.9. The van der Waals surface area contributed by atoms with Gasteiger partial charge in [0.1, 0.15) is 0 Å². The van der Waals surface area contributed by atoms with Gasteiger partial charge in [-0.25, -0.2) is 0 Å². The van der Waals surface area contributed by atoms with Crippen LogP contribution in [0.15, 0.2) is 0 Å². The van der Waals surface area contributed by atoms with Crippen LogP contribution in [-0.2, 0) is 0 Å². The molecule has 0 atom stereocenters. The Labute approximate surface area is 184 Å². The molecule has 0 heterocycles. The maximum absolute atomic E-state index is 2.35. The van der Waals surface area contributed by atoms with Crippen LogP contribution in [0.1, 0.15) is 130 Å². The van der Waals surface area contributed by atoms with Crippen molar-refractivity contribution >= 4 is 0 Å². The Morgan fingerprint density at radius 2 is 0.577 bits per heavy atom. The van der Waals surface area contributed by atoms with Crippen LogP contribution in [-0.4, -0.2) is 30.7 Å². The summed E-state index contributed by atoms with van der Waals surface area (Å²) in [6.45, 7) is 15.2. The van der Waals surface area contributed by atoms with E-state index in [0.29, 0.717) is 0 Å². The highest BCUT2D eigenvalue weighted by molar-refractivity contribution is 4.53. The van der Waals surface area contributed by atoms with Gasteiger partial charge in [0.25, 0.3) is 0 Å². The first-order valence-corrected chi connectivity index (χ1v) is 12.1. The quantitative estimate of drug-likeness (QED) is 0.129. The molecule has 0 bridgehead atoms. The molecule has 0 amide bonds. The lowest BCUT2D eigenvalue weighted by atomic mass is 10.1. The van der Waals surface area contributed by atoms with E-state index < -0.39 is 0 Å². The van der Waals surface area contributed by atoms with E-state index in [1.54, 1.807) is 0 Å². The number of quaternary nitrogens is 1. The van der Waals surface area contributed by atoms with Crippen LogP contribution in [0, 0.1) is 0 Å². The molecule has 1 nitrogen and oxygen atoms in total. The molecule has 0 unspecified atom stereocenters. The van der Waals surface area contributed by atoms with Crippen molar-refractivity contribution in [2.45, 2.75) is 130 Å². The summed E-state index contributed by atoms with van der Waals surface area (Å²) in [6.07, 6.45) is 22.9. The summed E-state index contributed by atoms with van der Waals surface area (Å²) in [5.41, 5.74) is 0. The van der Waals surface area contributed by atoms with Gasteiger partial charge in [-0.1, -0.05) is 79.1 Å². The van der Waals surface area contributed by atoms with Gasteiger partial charge in [0.15, 0.2) is 0 Å². The monoisotopic (exact) mass is 481 g/mol. The van der Waals surface area contributed by atoms with Crippen molar-refractivity contribution in [2.24, 2.45) is 0 Å². The van der Waals surface area contributed by atoms with Crippen molar-refractivity contribution in [1.29, 1.82) is 0 Å². The topological polar surface area (TPSA) is 0 Å². The van der Waals surface area contributed by atoms with Gasteiger partial charge in [0.05, 0.1) is 26.2 Å². The van der Waals surface area contributed by atoms with Crippen LogP contribution in [0.2, 0.25) is 0 Å². The Bertz CT molecular complexity index is 229. The fourth-order valence-electron chi connectivity index (χ4n) is 4.17. The molecular formula is C24H52IN. The van der Waals surface area contributed by atoms with Gasteiger partial charge in [-0.05, 0) is 51.4 Å². The number of halogens is 1. The number of nitrogens with zero attached hydrogens (tertiary/aromatic N) is 1. The number of hydrogen-bond donors (Lipinski definition) is 0. The predicted octanol–water partition coefficient (Wildman–Crippen LogP) is 5.13. The molecule has 0 spiro atoms. The third kappa shape index (κ3) is 16.8. The number of hydrogen-bond acceptors (Lipinski definition) is 0. The van der Waals surface area contributed by atoms with Crippen LogP contribution < -0.4 is 24.0 Å². The minimum absolute atomic E-state index is 0. The lowest BCUT2D eigenvalue weighted by molar-refractivity contribution is -0.929. The molecule has 0 saturated heterocycles. The molecule has 0 aromatic carbocycles. The van der Waals surface area contributed by atoms with E-state index in [4.69, 9.17) is 0 Å². The maximum atomic E-state index is 2.35. The number of unbranched alkanes of at least 4 members (excludes halogenated alkanes) is 12. The van der Waals surface area contributed by atoms with Crippen molar-refractivity contribution in [3.8, 4) is 0 Å². The minimum Gasteiger partial charge on any atom is -1.00 e. The first-order chi connectivity index (χ1) is 12.2. The molecule has 0 N–H and O–H groups in total. The molecule has 0 aromatic rings. The fraction of sp³-hybridized carbons (Fsp3) is 1.00. The van der Waals surface area contributed by atoms with Gasteiger partial charge < -0.3 is 28.5 Å². The summed E-state index contributed by atoms with van der Waals surface area (Å²) in [6, 6.07) is 0. The highest BCUT2D eigenvalue weighted by Crippen LogP contribution is 2.19. The van der Waals surface area contributed by atoms with E-state index in [1.807, 2.05) is 0 Å². The smallest absolute Gasteiger partial charge is 0.0786 e. The molecule has 0 fully saturated rings. The molecule has 160 valence electrons. The summed E-state index contributed by atoms with van der Waals surface area (Å²) in [5, 5.41) is 0. The zero-order chi connectivity index (χ0) is 18.6. The summed E-state index contributed by atoms with van der Waals surface area (Å²) >= 11 is 0. The van der Waals surface area contributed by atoms with Crippen LogP contribution in [0.3, 0.4) is 0 Å². The second-order valence-corrected chi connectivity index (χ2v) is 8.48. The fourth-order valence-corrected chi connectivity index (χ4v) is 4.17. The van der Waals surface area contributed by atoms with Gasteiger partial charge in [0.2, 0.25) is 0 Å². The van der Waals surface area contributed by atoms with E-state index in [0.717, 1.165) is 0 Å². The molecule has 0 rings (SSSR count). The van der Waals surface area contributed by atoms with Crippen molar-refractivity contribution in [1.82, 2.24) is 0 Å². The van der Waals surface area contributed by atoms with Gasteiger partial charge >= 0.3 is 0 Å². The highest BCUT2D eigenvalue weighted by atomic mass is 127. The second kappa shape index (κ2) is 22.0. The largest absolute Gasteiger partial charge is 1.00 e. The van der Waals surface area contributed by atoms with Crippen molar-refractivity contribution < 1.29 is 28.5 Å². The SMILES string of the molecule is CCCCCCC[N+](CCCCC)(CCCCC)CCCCCCC.[I-]. The average Bonchev–Trinajstić information content (AvgIpc) is 2.62. The molecular weight excluding hydrogens is 429 g/mol. The summed E-state index contributed by atoms with van der Waals surface area (Å²) in [5.74, 6) is 0. The molecule has 0 aliphatic carbocycles. The van der Waals surface area contributed by atoms with E-state index in [2.05, 4.69) is 27.7 Å². The van der Waals surface area contributed by atoms with E-state index in [1.165, 1.54) is 133 Å². The zero-order valence-corrected chi connectivity index (χ0v) is 21.1. The summed E-state index contributed by atoms with van der Waals surface area (Å²) < 4.78 is 1.46. The summed E-state index contributed by atoms with van der Waals surface area (Å²) in [4.78, 5) is 0. The van der Waals surface area contributed by atoms with E-state index in [9.17, 15) is 0 Å². The van der Waals surface area contributed by atoms with Gasteiger partial charge in [0, 0.05) is 0 Å². The Morgan fingerprint density at radius 1 is 0.346 bits per heavy atom. The molecule has 0 radical (unpaired) electrons. The zero-order valence-electron chi connectivity index (χ0n) is 19.0. The Hall–Kier alpha value is 0.690. The Kier molecular flexibility index (Phi) is 24.4. The first-order valence-electron chi connectivity index (χ1n) is 12.1. The normalized spacial score (nSPS) is 11.5. The van der Waals surface area contributed by atoms with E-state index in [-0.39, 0.29) is 24.0 Å². The summed E-state index contributed by atoms with van der Waals surface area (Å²) in [7, 11) is 0. The molecule has 0 aromatic heterocycles. The molecule has 0 saturated carbocycles. The lowest BCUT2D eigenvalue weighted by Crippen LogP contribution is -3.00. The molecule has 0 aliphatic rings. The maximum Gasteiger partial charge on any atom is 0.0786 e. The van der Waals surface area contributed by atoms with Gasteiger partial charge in [-0.2, -0.15) is 0 Å². The van der Waals surface area contributed by atoms with E-state index >= 15 is 0 Å². The molecule has 2 heteroatoms. The average molecular weight is 482 g/mol. The van der Waals surface area contributed by atoms with Crippen molar-refractivity contribution in [3.05, 3.63) is 0 Å². The Balaban J connectivity index is 0. The third-order valence-electron chi connectivity index (χ3n) is 5.94. The van der Waals surface area contributed by atoms with Crippen LogP contribution in [0.5, 0.6) is 0 Å². The standard InChI is InChI=1S/C24H52N.HI/c1-5-9-13-15-19-23-25(21-17-11-7-3,22-18-12-8-4)24-20-16-14-10-6-2;/h5-24H2,1-4H3;1H/q+1;/p-1. The molecule has 26 heavy (non-hydrogen) atoms. The van der Waals surface area contributed by atoms with Crippen LogP contribution in [0.25, 0.3) is 0 Å². The predicted molar refractivity (Wildman–Crippen MR) is 116 cm³/mol. The second-order valence-electron chi connectivity index (χ2n) is 8.48. The Morgan fingerprint density at radius 3 is 0.885 bits per heavy atom. The van der Waals surface area contributed by atoms with Crippen LogP contribution in [0.4, 0.5) is 0 Å².